The molecule has 4 heteroatoms. The summed E-state index contributed by atoms with van der Waals surface area (Å²) in [5, 5.41) is 3.45. The van der Waals surface area contributed by atoms with Gasteiger partial charge in [0.1, 0.15) is 11.6 Å². The van der Waals surface area contributed by atoms with Crippen LogP contribution in [0.5, 0.6) is 5.75 Å². The summed E-state index contributed by atoms with van der Waals surface area (Å²) in [6, 6.07) is 6.26. The number of hydrogen-bond donors (Lipinski definition) is 1. The molecule has 2 aliphatic carbocycles. The van der Waals surface area contributed by atoms with Crippen molar-refractivity contribution in [3.05, 3.63) is 29.3 Å². The van der Waals surface area contributed by atoms with Gasteiger partial charge in [-0.1, -0.05) is 12.1 Å². The molecular weight excluding hydrogens is 240 g/mol. The molecule has 0 bridgehead atoms. The molecule has 0 spiro atoms. The number of aliphatic imine (C=N–C) groups is 1. The highest BCUT2D eigenvalue weighted by Crippen LogP contribution is 2.74. The number of nitrogens with one attached hydrogen (secondary N) is 1. The fourth-order valence-electron chi connectivity index (χ4n) is 3.98. The molecular formula is C15H18N2O2. The van der Waals surface area contributed by atoms with Crippen LogP contribution in [-0.2, 0) is 4.74 Å². The maximum atomic E-state index is 5.83. The van der Waals surface area contributed by atoms with Crippen LogP contribution in [0.2, 0.25) is 0 Å². The standard InChI is InChI=1S/C15H18N2O2/c1-18-11-5-3-4-9-12(11)10-8-15(10,13(9)19-2)14-16-6-7-17-14/h3-5,10,13H,6-8H2,1-2H3,(H,16,17)/t10?,13-,15-/m0/s1. The summed E-state index contributed by atoms with van der Waals surface area (Å²) in [6.45, 7) is 1.83. The lowest BCUT2D eigenvalue weighted by Gasteiger charge is -2.23. The lowest BCUT2D eigenvalue weighted by molar-refractivity contribution is 0.0697. The van der Waals surface area contributed by atoms with E-state index in [1.54, 1.807) is 14.2 Å². The number of hydrogen-bond acceptors (Lipinski definition) is 4. The maximum absolute atomic E-state index is 5.83. The molecule has 4 rings (SSSR count). The molecule has 3 atom stereocenters. The summed E-state index contributed by atoms with van der Waals surface area (Å²) in [5.74, 6) is 2.62. The lowest BCUT2D eigenvalue weighted by Crippen LogP contribution is -2.32. The topological polar surface area (TPSA) is 42.8 Å². The van der Waals surface area contributed by atoms with Gasteiger partial charge in [-0.25, -0.2) is 0 Å². The fraction of sp³-hybridized carbons (Fsp3) is 0.533. The largest absolute Gasteiger partial charge is 0.496 e. The molecule has 1 aromatic rings. The van der Waals surface area contributed by atoms with Crippen LogP contribution in [0.1, 0.15) is 29.6 Å². The Kier molecular flexibility index (Phi) is 2.22. The second-order valence-corrected chi connectivity index (χ2v) is 5.53. The summed E-state index contributed by atoms with van der Waals surface area (Å²) in [7, 11) is 3.54. The van der Waals surface area contributed by atoms with E-state index < -0.39 is 0 Å². The van der Waals surface area contributed by atoms with Crippen molar-refractivity contribution in [2.75, 3.05) is 27.3 Å². The Morgan fingerprint density at radius 3 is 2.95 bits per heavy atom. The van der Waals surface area contributed by atoms with E-state index in [0.29, 0.717) is 5.92 Å². The first-order chi connectivity index (χ1) is 9.32. The van der Waals surface area contributed by atoms with Gasteiger partial charge < -0.3 is 14.8 Å². The van der Waals surface area contributed by atoms with Gasteiger partial charge in [0.25, 0.3) is 0 Å². The molecule has 0 aromatic heterocycles. The quantitative estimate of drug-likeness (QED) is 0.900. The zero-order chi connectivity index (χ0) is 13.0. The molecule has 3 aliphatic rings. The van der Waals surface area contributed by atoms with E-state index in [1.165, 1.54) is 11.1 Å². The molecule has 1 heterocycles. The van der Waals surface area contributed by atoms with Crippen molar-refractivity contribution in [2.24, 2.45) is 10.4 Å². The van der Waals surface area contributed by atoms with E-state index >= 15 is 0 Å². The van der Waals surface area contributed by atoms with Gasteiger partial charge in [0.05, 0.1) is 25.2 Å². The van der Waals surface area contributed by atoms with E-state index in [0.717, 1.165) is 31.1 Å². The Balaban J connectivity index is 1.85. The van der Waals surface area contributed by atoms with Crippen LogP contribution in [0, 0.1) is 5.41 Å². The summed E-state index contributed by atoms with van der Waals surface area (Å²) >= 11 is 0. The smallest absolute Gasteiger partial charge is 0.122 e. The molecule has 1 fully saturated rings. The Morgan fingerprint density at radius 1 is 1.37 bits per heavy atom. The van der Waals surface area contributed by atoms with Crippen molar-refractivity contribution in [3.8, 4) is 5.75 Å². The molecule has 1 unspecified atom stereocenters. The number of fused-ring (bicyclic) bond motifs is 3. The normalized spacial score (nSPS) is 34.3. The molecule has 100 valence electrons. The van der Waals surface area contributed by atoms with Crippen LogP contribution >= 0.6 is 0 Å². The van der Waals surface area contributed by atoms with Crippen molar-refractivity contribution >= 4 is 5.84 Å². The second-order valence-electron chi connectivity index (χ2n) is 5.53. The van der Waals surface area contributed by atoms with E-state index in [-0.39, 0.29) is 11.5 Å². The van der Waals surface area contributed by atoms with Gasteiger partial charge in [-0.15, -0.1) is 0 Å². The molecule has 4 nitrogen and oxygen atoms in total. The third kappa shape index (κ3) is 1.25. The second kappa shape index (κ2) is 3.73. The molecule has 19 heavy (non-hydrogen) atoms. The van der Waals surface area contributed by atoms with Gasteiger partial charge in [-0.3, -0.25) is 4.99 Å². The summed E-state index contributed by atoms with van der Waals surface area (Å²) in [4.78, 5) is 4.65. The minimum atomic E-state index is 0.0439. The first kappa shape index (κ1) is 11.3. The van der Waals surface area contributed by atoms with Gasteiger partial charge in [-0.05, 0) is 18.1 Å². The maximum Gasteiger partial charge on any atom is 0.122 e. The van der Waals surface area contributed by atoms with E-state index in [4.69, 9.17) is 9.47 Å². The summed E-state index contributed by atoms with van der Waals surface area (Å²) in [6.07, 6.45) is 1.22. The number of rotatable bonds is 3. The third-order valence-electron chi connectivity index (χ3n) is 4.77. The van der Waals surface area contributed by atoms with Crippen LogP contribution in [0.4, 0.5) is 0 Å². The molecule has 0 radical (unpaired) electrons. The predicted molar refractivity (Wildman–Crippen MR) is 72.8 cm³/mol. The molecule has 1 aliphatic heterocycles. The average Bonchev–Trinajstić information content (AvgIpc) is 2.87. The van der Waals surface area contributed by atoms with Crippen molar-refractivity contribution in [3.63, 3.8) is 0 Å². The molecule has 1 aromatic carbocycles. The zero-order valence-electron chi connectivity index (χ0n) is 11.3. The van der Waals surface area contributed by atoms with E-state index in [1.807, 2.05) is 12.1 Å². The molecule has 1 saturated carbocycles. The number of benzene rings is 1. The van der Waals surface area contributed by atoms with Crippen LogP contribution in [0.3, 0.4) is 0 Å². The molecule has 0 saturated heterocycles. The highest BCUT2D eigenvalue weighted by molar-refractivity contribution is 5.96. The Morgan fingerprint density at radius 2 is 2.26 bits per heavy atom. The van der Waals surface area contributed by atoms with Crippen molar-refractivity contribution < 1.29 is 9.47 Å². The number of nitrogens with zero attached hydrogens (tertiary/aromatic N) is 1. The van der Waals surface area contributed by atoms with E-state index in [9.17, 15) is 0 Å². The van der Waals surface area contributed by atoms with Crippen molar-refractivity contribution in [1.82, 2.24) is 5.32 Å². The minimum absolute atomic E-state index is 0.0439. The Bertz CT molecular complexity index is 569. The number of methoxy groups -OCH3 is 2. The van der Waals surface area contributed by atoms with Crippen molar-refractivity contribution in [1.29, 1.82) is 0 Å². The molecule has 0 amide bonds. The lowest BCUT2D eigenvalue weighted by atomic mass is 9.95. The Labute approximate surface area is 112 Å². The first-order valence-corrected chi connectivity index (χ1v) is 6.81. The zero-order valence-corrected chi connectivity index (χ0v) is 11.3. The Hall–Kier alpha value is -1.55. The van der Waals surface area contributed by atoms with Crippen molar-refractivity contribution in [2.45, 2.75) is 18.4 Å². The van der Waals surface area contributed by atoms with Gasteiger partial charge in [0.2, 0.25) is 0 Å². The fourth-order valence-corrected chi connectivity index (χ4v) is 3.98. The van der Waals surface area contributed by atoms with Gasteiger partial charge >= 0.3 is 0 Å². The first-order valence-electron chi connectivity index (χ1n) is 6.81. The SMILES string of the molecule is COc1cccc2c1C1C[C@@]1(C1=NCCN1)[C@H]2OC. The van der Waals surface area contributed by atoms with Crippen LogP contribution in [0.15, 0.2) is 23.2 Å². The predicted octanol–water partition coefficient (Wildman–Crippen LogP) is 1.87. The average molecular weight is 258 g/mol. The highest BCUT2D eigenvalue weighted by atomic mass is 16.5. The highest BCUT2D eigenvalue weighted by Gasteiger charge is 2.70. The summed E-state index contributed by atoms with van der Waals surface area (Å²) in [5.41, 5.74) is 2.64. The molecule has 1 N–H and O–H groups in total. The monoisotopic (exact) mass is 258 g/mol. The minimum Gasteiger partial charge on any atom is -0.496 e. The van der Waals surface area contributed by atoms with E-state index in [2.05, 4.69) is 16.4 Å². The van der Waals surface area contributed by atoms with Crippen LogP contribution < -0.4 is 10.1 Å². The number of amidine groups is 1. The van der Waals surface area contributed by atoms with Crippen LogP contribution in [0.25, 0.3) is 0 Å². The van der Waals surface area contributed by atoms with Gasteiger partial charge in [0, 0.05) is 25.1 Å². The third-order valence-corrected chi connectivity index (χ3v) is 4.77. The summed E-state index contributed by atoms with van der Waals surface area (Å²) < 4.78 is 11.4. The number of ether oxygens (including phenoxy) is 2. The van der Waals surface area contributed by atoms with Gasteiger partial charge in [-0.2, -0.15) is 0 Å². The van der Waals surface area contributed by atoms with Crippen LogP contribution in [-0.4, -0.2) is 33.1 Å². The van der Waals surface area contributed by atoms with Gasteiger partial charge in [0.15, 0.2) is 0 Å².